The van der Waals surface area contributed by atoms with Gasteiger partial charge in [0.15, 0.2) is 0 Å². The molecular formula is C20H27N5O4S. The summed E-state index contributed by atoms with van der Waals surface area (Å²) in [5.41, 5.74) is 1.12. The zero-order valence-corrected chi connectivity index (χ0v) is 18.3. The summed E-state index contributed by atoms with van der Waals surface area (Å²) in [6, 6.07) is 6.74. The van der Waals surface area contributed by atoms with E-state index in [2.05, 4.69) is 20.2 Å². The number of nitrogens with zero attached hydrogens (tertiary/aromatic N) is 4. The number of ether oxygens (including phenoxy) is 1. The molecule has 3 rings (SSSR count). The molecule has 0 radical (unpaired) electrons. The zero-order valence-electron chi connectivity index (χ0n) is 17.5. The summed E-state index contributed by atoms with van der Waals surface area (Å²) in [5.74, 6) is 0.419. The van der Waals surface area contributed by atoms with Crippen molar-refractivity contribution in [1.29, 1.82) is 0 Å². The molecule has 1 N–H and O–H groups in total. The Kier molecular flexibility index (Phi) is 7.01. The Morgan fingerprint density at radius 2 is 1.83 bits per heavy atom. The van der Waals surface area contributed by atoms with Gasteiger partial charge in [-0.2, -0.15) is 4.31 Å². The third kappa shape index (κ3) is 5.13. The second-order valence-corrected chi connectivity index (χ2v) is 9.04. The van der Waals surface area contributed by atoms with E-state index in [0.717, 1.165) is 18.7 Å². The highest BCUT2D eigenvalue weighted by atomic mass is 32.2. The first-order valence-electron chi connectivity index (χ1n) is 9.83. The molecule has 0 unspecified atom stereocenters. The first-order valence-corrected chi connectivity index (χ1v) is 11.3. The van der Waals surface area contributed by atoms with Gasteiger partial charge in [0, 0.05) is 38.9 Å². The molecule has 1 saturated heterocycles. The average Bonchev–Trinajstić information content (AvgIpc) is 2.73. The van der Waals surface area contributed by atoms with E-state index in [1.165, 1.54) is 10.5 Å². The van der Waals surface area contributed by atoms with Gasteiger partial charge in [0.2, 0.25) is 10.0 Å². The van der Waals surface area contributed by atoms with Crippen LogP contribution in [0.1, 0.15) is 28.7 Å². The molecule has 0 atom stereocenters. The number of carbonyl (C=O) groups is 1. The summed E-state index contributed by atoms with van der Waals surface area (Å²) in [5, 5.41) is 3.12. The first kappa shape index (κ1) is 22.1. The Bertz CT molecular complexity index is 987. The number of hydrogen-bond acceptors (Lipinski definition) is 8. The maximum Gasteiger partial charge on any atom is 0.343 e. The Balaban J connectivity index is 1.70. The molecule has 0 aliphatic carbocycles. The van der Waals surface area contributed by atoms with Crippen molar-refractivity contribution in [1.82, 2.24) is 19.2 Å². The van der Waals surface area contributed by atoms with Gasteiger partial charge in [0.1, 0.15) is 17.2 Å². The molecule has 30 heavy (non-hydrogen) atoms. The number of benzene rings is 1. The number of anilines is 1. The van der Waals surface area contributed by atoms with Gasteiger partial charge in [-0.1, -0.05) is 12.1 Å². The quantitative estimate of drug-likeness (QED) is 0.655. The predicted octanol–water partition coefficient (Wildman–Crippen LogP) is 1.51. The SMILES string of the molecule is CCOC(=O)c1cnc(C)nc1NCc1ccc(S(=O)(=O)N2CCN(C)CC2)cc1. The molecule has 2 aromatic rings. The van der Waals surface area contributed by atoms with Crippen molar-refractivity contribution < 1.29 is 17.9 Å². The monoisotopic (exact) mass is 433 g/mol. The van der Waals surface area contributed by atoms with Crippen LogP contribution < -0.4 is 5.32 Å². The second kappa shape index (κ2) is 9.50. The van der Waals surface area contributed by atoms with Crippen molar-refractivity contribution in [3.05, 3.63) is 47.4 Å². The number of rotatable bonds is 7. The first-order chi connectivity index (χ1) is 14.3. The van der Waals surface area contributed by atoms with Crippen LogP contribution in [0.4, 0.5) is 5.82 Å². The smallest absolute Gasteiger partial charge is 0.343 e. The minimum Gasteiger partial charge on any atom is -0.462 e. The van der Waals surface area contributed by atoms with Gasteiger partial charge in [-0.25, -0.2) is 23.2 Å². The lowest BCUT2D eigenvalue weighted by atomic mass is 10.2. The van der Waals surface area contributed by atoms with Gasteiger partial charge in [-0.3, -0.25) is 0 Å². The zero-order chi connectivity index (χ0) is 21.7. The number of piperazine rings is 1. The third-order valence-electron chi connectivity index (χ3n) is 4.89. The van der Waals surface area contributed by atoms with Gasteiger partial charge in [-0.15, -0.1) is 0 Å². The normalized spacial score (nSPS) is 15.7. The van der Waals surface area contributed by atoms with Crippen molar-refractivity contribution in [3.8, 4) is 0 Å². The molecule has 2 heterocycles. The van der Waals surface area contributed by atoms with Crippen LogP contribution in [0.5, 0.6) is 0 Å². The topological polar surface area (TPSA) is 105 Å². The molecular weight excluding hydrogens is 406 g/mol. The van der Waals surface area contributed by atoms with Crippen LogP contribution in [0.25, 0.3) is 0 Å². The summed E-state index contributed by atoms with van der Waals surface area (Å²) in [4.78, 5) is 22.8. The van der Waals surface area contributed by atoms with Gasteiger partial charge in [0.05, 0.1) is 11.5 Å². The van der Waals surface area contributed by atoms with Crippen LogP contribution in [0.3, 0.4) is 0 Å². The molecule has 1 aliphatic heterocycles. The number of hydrogen-bond donors (Lipinski definition) is 1. The molecule has 1 aromatic carbocycles. The molecule has 162 valence electrons. The lowest BCUT2D eigenvalue weighted by molar-refractivity contribution is 0.0526. The van der Waals surface area contributed by atoms with Crippen molar-refractivity contribution in [2.45, 2.75) is 25.3 Å². The summed E-state index contributed by atoms with van der Waals surface area (Å²) in [6.07, 6.45) is 1.44. The fraction of sp³-hybridized carbons (Fsp3) is 0.450. The molecule has 9 nitrogen and oxygen atoms in total. The van der Waals surface area contributed by atoms with Crippen LogP contribution in [0.15, 0.2) is 35.4 Å². The van der Waals surface area contributed by atoms with E-state index >= 15 is 0 Å². The van der Waals surface area contributed by atoms with Gasteiger partial charge < -0.3 is 15.0 Å². The van der Waals surface area contributed by atoms with Crippen LogP contribution in [0.2, 0.25) is 0 Å². The van der Waals surface area contributed by atoms with E-state index in [1.807, 2.05) is 7.05 Å². The highest BCUT2D eigenvalue weighted by Crippen LogP contribution is 2.19. The molecule has 1 aromatic heterocycles. The van der Waals surface area contributed by atoms with E-state index in [1.54, 1.807) is 38.1 Å². The fourth-order valence-corrected chi connectivity index (χ4v) is 4.53. The average molecular weight is 434 g/mol. The largest absolute Gasteiger partial charge is 0.462 e. The minimum absolute atomic E-state index is 0.259. The van der Waals surface area contributed by atoms with Gasteiger partial charge in [0.25, 0.3) is 0 Å². The van der Waals surface area contributed by atoms with Crippen LogP contribution >= 0.6 is 0 Å². The Morgan fingerprint density at radius 3 is 2.47 bits per heavy atom. The molecule has 1 fully saturated rings. The summed E-state index contributed by atoms with van der Waals surface area (Å²) in [7, 11) is -1.51. The number of aromatic nitrogens is 2. The lowest BCUT2D eigenvalue weighted by Gasteiger charge is -2.31. The predicted molar refractivity (Wildman–Crippen MR) is 113 cm³/mol. The second-order valence-electron chi connectivity index (χ2n) is 7.10. The van der Waals surface area contributed by atoms with E-state index in [-0.39, 0.29) is 17.1 Å². The summed E-state index contributed by atoms with van der Waals surface area (Å²) in [6.45, 7) is 6.53. The summed E-state index contributed by atoms with van der Waals surface area (Å²) >= 11 is 0. The van der Waals surface area contributed by atoms with Crippen LogP contribution in [0, 0.1) is 6.92 Å². The number of aryl methyl sites for hydroxylation is 1. The fourth-order valence-electron chi connectivity index (χ4n) is 3.11. The van der Waals surface area contributed by atoms with Gasteiger partial charge >= 0.3 is 5.97 Å². The molecule has 1 aliphatic rings. The van der Waals surface area contributed by atoms with Crippen LogP contribution in [-0.4, -0.2) is 73.4 Å². The number of carbonyl (C=O) groups excluding carboxylic acids is 1. The maximum absolute atomic E-state index is 12.8. The number of sulfonamides is 1. The Hall–Kier alpha value is -2.56. The molecule has 10 heteroatoms. The number of nitrogens with one attached hydrogen (secondary N) is 1. The maximum atomic E-state index is 12.8. The standard InChI is InChI=1S/C20H27N5O4S/c1-4-29-20(26)18-14-21-15(2)23-19(18)22-13-16-5-7-17(8-6-16)30(27,28)25-11-9-24(3)10-12-25/h5-8,14H,4,9-13H2,1-3H3,(H,21,22,23). The third-order valence-corrected chi connectivity index (χ3v) is 6.80. The molecule has 0 bridgehead atoms. The number of esters is 1. The Morgan fingerprint density at radius 1 is 1.17 bits per heavy atom. The molecule has 0 saturated carbocycles. The van der Waals surface area contributed by atoms with Crippen molar-refractivity contribution in [3.63, 3.8) is 0 Å². The lowest BCUT2D eigenvalue weighted by Crippen LogP contribution is -2.46. The van der Waals surface area contributed by atoms with E-state index in [0.29, 0.717) is 31.3 Å². The summed E-state index contributed by atoms with van der Waals surface area (Å²) < 4.78 is 32.2. The van der Waals surface area contributed by atoms with E-state index in [9.17, 15) is 13.2 Å². The highest BCUT2D eigenvalue weighted by molar-refractivity contribution is 7.89. The van der Waals surface area contributed by atoms with E-state index < -0.39 is 16.0 Å². The van der Waals surface area contributed by atoms with Crippen molar-refractivity contribution in [2.24, 2.45) is 0 Å². The number of likely N-dealkylation sites (N-methyl/N-ethyl adjacent to an activating group) is 1. The highest BCUT2D eigenvalue weighted by Gasteiger charge is 2.27. The van der Waals surface area contributed by atoms with Crippen molar-refractivity contribution >= 4 is 21.8 Å². The molecule has 0 amide bonds. The molecule has 0 spiro atoms. The van der Waals surface area contributed by atoms with E-state index in [4.69, 9.17) is 4.74 Å². The minimum atomic E-state index is -3.49. The Labute approximate surface area is 177 Å². The van der Waals surface area contributed by atoms with Crippen LogP contribution in [-0.2, 0) is 21.3 Å². The van der Waals surface area contributed by atoms with Crippen molar-refractivity contribution in [2.75, 3.05) is 45.2 Å². The van der Waals surface area contributed by atoms with Gasteiger partial charge in [-0.05, 0) is 38.6 Å².